The van der Waals surface area contributed by atoms with Crippen molar-refractivity contribution >= 4 is 32.4 Å². The van der Waals surface area contributed by atoms with Gasteiger partial charge in [-0.25, -0.2) is 13.4 Å². The number of thiazole rings is 1. The van der Waals surface area contributed by atoms with Gasteiger partial charge in [0.2, 0.25) is 10.0 Å². The van der Waals surface area contributed by atoms with Gasteiger partial charge in [-0.05, 0) is 50.5 Å². The number of aromatic nitrogens is 1. The highest BCUT2D eigenvalue weighted by Gasteiger charge is 2.27. The number of nitrogens with one attached hydrogen (secondary N) is 1. The molecule has 4 rings (SSSR count). The molecule has 0 bridgehead atoms. The zero-order valence-corrected chi connectivity index (χ0v) is 20.6. The largest absolute Gasteiger partial charge is 0.496 e. The first-order valence-electron chi connectivity index (χ1n) is 10.8. The fourth-order valence-electron chi connectivity index (χ4n) is 3.91. The van der Waals surface area contributed by atoms with Crippen LogP contribution in [0, 0.1) is 13.8 Å². The van der Waals surface area contributed by atoms with Crippen molar-refractivity contribution < 1.29 is 17.9 Å². The molecule has 1 aromatic heterocycles. The summed E-state index contributed by atoms with van der Waals surface area (Å²) >= 11 is 1.34. The maximum atomic E-state index is 13.0. The average molecular weight is 486 g/mol. The molecule has 1 amide bonds. The van der Waals surface area contributed by atoms with E-state index in [1.165, 1.54) is 41.0 Å². The Morgan fingerprint density at radius 1 is 1.09 bits per heavy atom. The topological polar surface area (TPSA) is 88.6 Å². The molecule has 0 spiro atoms. The SMILES string of the molecule is COc1cc(S(=O)(=O)N2CCCCC2)ccc1C(=O)Nc1nc(-c2cc(C)ccc2C)cs1. The fourth-order valence-corrected chi connectivity index (χ4v) is 6.14. The second-order valence-corrected chi connectivity index (χ2v) is 10.9. The summed E-state index contributed by atoms with van der Waals surface area (Å²) in [5, 5.41) is 5.17. The van der Waals surface area contributed by atoms with Crippen LogP contribution in [0.25, 0.3) is 11.3 Å². The Balaban J connectivity index is 1.55. The molecule has 2 heterocycles. The standard InChI is InChI=1S/C24H27N3O4S2/c1-16-7-8-17(2)20(13-16)21-15-32-24(25-21)26-23(28)19-10-9-18(14-22(19)31-3)33(29,30)27-11-5-4-6-12-27/h7-10,13-15H,4-6,11-12H2,1-3H3,(H,25,26,28). The van der Waals surface area contributed by atoms with Crippen molar-refractivity contribution in [3.8, 4) is 17.0 Å². The van der Waals surface area contributed by atoms with Crippen molar-refractivity contribution in [2.75, 3.05) is 25.5 Å². The number of ether oxygens (including phenoxy) is 1. The van der Waals surface area contributed by atoms with Crippen molar-refractivity contribution in [1.82, 2.24) is 9.29 Å². The Bertz CT molecular complexity index is 1280. The average Bonchev–Trinajstić information content (AvgIpc) is 3.28. The van der Waals surface area contributed by atoms with Crippen molar-refractivity contribution in [2.24, 2.45) is 0 Å². The van der Waals surface area contributed by atoms with E-state index in [2.05, 4.69) is 22.4 Å². The minimum Gasteiger partial charge on any atom is -0.496 e. The molecule has 1 aliphatic rings. The van der Waals surface area contributed by atoms with E-state index in [0.29, 0.717) is 18.2 Å². The van der Waals surface area contributed by atoms with Gasteiger partial charge in [0.1, 0.15) is 5.75 Å². The Hall–Kier alpha value is -2.75. The predicted octanol–water partition coefficient (Wildman–Crippen LogP) is 4.86. The van der Waals surface area contributed by atoms with E-state index in [1.54, 1.807) is 0 Å². The molecule has 0 saturated carbocycles. The van der Waals surface area contributed by atoms with E-state index in [-0.39, 0.29) is 16.2 Å². The lowest BCUT2D eigenvalue weighted by atomic mass is 10.0. The van der Waals surface area contributed by atoms with Crippen LogP contribution in [0.15, 0.2) is 46.7 Å². The summed E-state index contributed by atoms with van der Waals surface area (Å²) in [5.41, 5.74) is 4.32. The van der Waals surface area contributed by atoms with Crippen LogP contribution in [0.5, 0.6) is 5.75 Å². The van der Waals surface area contributed by atoms with Gasteiger partial charge in [-0.2, -0.15) is 4.31 Å². The predicted molar refractivity (Wildman–Crippen MR) is 131 cm³/mol. The monoisotopic (exact) mass is 485 g/mol. The van der Waals surface area contributed by atoms with E-state index in [4.69, 9.17) is 4.74 Å². The molecule has 174 valence electrons. The molecular formula is C24H27N3O4S2. The minimum absolute atomic E-state index is 0.129. The Morgan fingerprint density at radius 2 is 1.85 bits per heavy atom. The van der Waals surface area contributed by atoms with Crippen LogP contribution >= 0.6 is 11.3 Å². The van der Waals surface area contributed by atoms with Gasteiger partial charge in [-0.15, -0.1) is 11.3 Å². The first-order chi connectivity index (χ1) is 15.8. The number of anilines is 1. The maximum absolute atomic E-state index is 13.0. The molecule has 0 aliphatic carbocycles. The van der Waals surface area contributed by atoms with E-state index < -0.39 is 15.9 Å². The number of sulfonamides is 1. The van der Waals surface area contributed by atoms with Crippen molar-refractivity contribution in [3.05, 3.63) is 58.5 Å². The molecule has 0 atom stereocenters. The maximum Gasteiger partial charge on any atom is 0.261 e. The smallest absolute Gasteiger partial charge is 0.261 e. The molecule has 9 heteroatoms. The first-order valence-corrected chi connectivity index (χ1v) is 13.1. The number of methoxy groups -OCH3 is 1. The van der Waals surface area contributed by atoms with Gasteiger partial charge in [-0.3, -0.25) is 10.1 Å². The van der Waals surface area contributed by atoms with Crippen LogP contribution in [0.1, 0.15) is 40.7 Å². The van der Waals surface area contributed by atoms with Crippen LogP contribution in [-0.4, -0.2) is 43.8 Å². The molecular weight excluding hydrogens is 458 g/mol. The highest BCUT2D eigenvalue weighted by molar-refractivity contribution is 7.89. The third-order valence-electron chi connectivity index (χ3n) is 5.76. The number of aryl methyl sites for hydroxylation is 2. The summed E-state index contributed by atoms with van der Waals surface area (Å²) in [6, 6.07) is 10.5. The molecule has 3 aromatic rings. The van der Waals surface area contributed by atoms with E-state index in [9.17, 15) is 13.2 Å². The summed E-state index contributed by atoms with van der Waals surface area (Å²) in [5.74, 6) is -0.201. The van der Waals surface area contributed by atoms with Gasteiger partial charge >= 0.3 is 0 Å². The van der Waals surface area contributed by atoms with Crippen molar-refractivity contribution in [1.29, 1.82) is 0 Å². The van der Waals surface area contributed by atoms with Crippen LogP contribution < -0.4 is 10.1 Å². The number of nitrogens with zero attached hydrogens (tertiary/aromatic N) is 2. The minimum atomic E-state index is -3.62. The lowest BCUT2D eigenvalue weighted by molar-refractivity contribution is 0.102. The summed E-state index contributed by atoms with van der Waals surface area (Å²) in [4.78, 5) is 17.6. The quantitative estimate of drug-likeness (QED) is 0.539. The zero-order chi connectivity index (χ0) is 23.6. The van der Waals surface area contributed by atoms with E-state index in [1.807, 2.05) is 25.3 Å². The number of rotatable bonds is 6. The number of hydrogen-bond donors (Lipinski definition) is 1. The Kier molecular flexibility index (Phi) is 6.83. The summed E-state index contributed by atoms with van der Waals surface area (Å²) in [7, 11) is -2.20. The third-order valence-corrected chi connectivity index (χ3v) is 8.42. The first kappa shape index (κ1) is 23.4. The molecule has 1 fully saturated rings. The van der Waals surface area contributed by atoms with Gasteiger partial charge in [0, 0.05) is 30.1 Å². The molecule has 1 aliphatic heterocycles. The van der Waals surface area contributed by atoms with Crippen LogP contribution in [0.4, 0.5) is 5.13 Å². The van der Waals surface area contributed by atoms with Crippen molar-refractivity contribution in [2.45, 2.75) is 38.0 Å². The summed E-state index contributed by atoms with van der Waals surface area (Å²) < 4.78 is 32.8. The van der Waals surface area contributed by atoms with Gasteiger partial charge < -0.3 is 4.74 Å². The number of piperidine rings is 1. The number of carbonyl (C=O) groups is 1. The molecule has 1 saturated heterocycles. The van der Waals surface area contributed by atoms with Crippen molar-refractivity contribution in [3.63, 3.8) is 0 Å². The van der Waals surface area contributed by atoms with Crippen LogP contribution in [0.3, 0.4) is 0 Å². The molecule has 7 nitrogen and oxygen atoms in total. The molecule has 0 radical (unpaired) electrons. The highest BCUT2D eigenvalue weighted by Crippen LogP contribution is 2.30. The van der Waals surface area contributed by atoms with Crippen LogP contribution in [0.2, 0.25) is 0 Å². The van der Waals surface area contributed by atoms with Gasteiger partial charge in [0.05, 0.1) is 23.3 Å². The van der Waals surface area contributed by atoms with Gasteiger partial charge in [0.15, 0.2) is 5.13 Å². The second-order valence-electron chi connectivity index (χ2n) is 8.14. The number of carbonyl (C=O) groups excluding carboxylic acids is 1. The van der Waals surface area contributed by atoms with E-state index in [0.717, 1.165) is 41.6 Å². The second kappa shape index (κ2) is 9.62. The Labute approximate surface area is 198 Å². The van der Waals surface area contributed by atoms with Gasteiger partial charge in [-0.1, -0.05) is 24.1 Å². The molecule has 33 heavy (non-hydrogen) atoms. The summed E-state index contributed by atoms with van der Waals surface area (Å²) in [6.07, 6.45) is 2.75. The summed E-state index contributed by atoms with van der Waals surface area (Å²) in [6.45, 7) is 5.08. The fraction of sp³-hybridized carbons (Fsp3) is 0.333. The van der Waals surface area contributed by atoms with Crippen LogP contribution in [-0.2, 0) is 10.0 Å². The molecule has 2 aromatic carbocycles. The third kappa shape index (κ3) is 4.95. The lowest BCUT2D eigenvalue weighted by Gasteiger charge is -2.26. The molecule has 0 unspecified atom stereocenters. The normalized spacial score (nSPS) is 14.8. The van der Waals surface area contributed by atoms with Gasteiger partial charge in [0.25, 0.3) is 5.91 Å². The number of hydrogen-bond acceptors (Lipinski definition) is 6. The van der Waals surface area contributed by atoms with E-state index >= 15 is 0 Å². The highest BCUT2D eigenvalue weighted by atomic mass is 32.2. The number of benzene rings is 2. The Morgan fingerprint density at radius 3 is 2.58 bits per heavy atom. The zero-order valence-electron chi connectivity index (χ0n) is 18.9. The number of amides is 1. The lowest BCUT2D eigenvalue weighted by Crippen LogP contribution is -2.35. The molecule has 1 N–H and O–H groups in total.